The zero-order valence-electron chi connectivity index (χ0n) is 15.1. The second kappa shape index (κ2) is 6.88. The molecule has 0 atom stereocenters. The minimum atomic E-state index is -0.0320. The van der Waals surface area contributed by atoms with Crippen LogP contribution in [0.25, 0.3) is 11.0 Å². The second-order valence-electron chi connectivity index (χ2n) is 6.84. The molecular weight excluding hydrogens is 356 g/mol. The molecular formula is C20H18N6O2. The maximum absolute atomic E-state index is 12.9. The summed E-state index contributed by atoms with van der Waals surface area (Å²) in [5.41, 5.74) is 4.03. The van der Waals surface area contributed by atoms with E-state index in [2.05, 4.69) is 25.4 Å². The Kier molecular flexibility index (Phi) is 4.08. The number of hydrogen-bond donors (Lipinski definition) is 1. The lowest BCUT2D eigenvalue weighted by Crippen LogP contribution is -2.35. The molecule has 0 fully saturated rings. The molecule has 0 saturated heterocycles. The fraction of sp³-hybridized carbons (Fsp3) is 0.250. The lowest BCUT2D eigenvalue weighted by Gasteiger charge is -2.25. The van der Waals surface area contributed by atoms with Crippen molar-refractivity contribution >= 4 is 16.9 Å². The van der Waals surface area contributed by atoms with Crippen molar-refractivity contribution in [3.63, 3.8) is 0 Å². The van der Waals surface area contributed by atoms with E-state index in [4.69, 9.17) is 4.42 Å². The maximum atomic E-state index is 12.9. The number of benzene rings is 1. The number of pyridine rings is 1. The van der Waals surface area contributed by atoms with E-state index in [1.165, 1.54) is 0 Å². The van der Waals surface area contributed by atoms with Gasteiger partial charge in [-0.2, -0.15) is 15.4 Å². The number of H-pyrrole nitrogens is 1. The zero-order valence-corrected chi connectivity index (χ0v) is 15.1. The summed E-state index contributed by atoms with van der Waals surface area (Å²) in [6.45, 7) is 1.07. The van der Waals surface area contributed by atoms with Crippen LogP contribution in [-0.2, 0) is 25.8 Å². The SMILES string of the molecule is O=C(c1ccc2n[nH]nc2c1)N1CCc2oc(CCc3cccnc3)nc2C1. The maximum Gasteiger partial charge on any atom is 0.254 e. The van der Waals surface area contributed by atoms with E-state index in [0.29, 0.717) is 36.5 Å². The molecule has 1 aromatic carbocycles. The first-order chi connectivity index (χ1) is 13.8. The average molecular weight is 374 g/mol. The van der Waals surface area contributed by atoms with Gasteiger partial charge in [0.1, 0.15) is 22.5 Å². The monoisotopic (exact) mass is 374 g/mol. The van der Waals surface area contributed by atoms with E-state index >= 15 is 0 Å². The number of aromatic amines is 1. The second-order valence-corrected chi connectivity index (χ2v) is 6.84. The number of aromatic nitrogens is 5. The van der Waals surface area contributed by atoms with Crippen LogP contribution in [0.3, 0.4) is 0 Å². The van der Waals surface area contributed by atoms with E-state index < -0.39 is 0 Å². The lowest BCUT2D eigenvalue weighted by atomic mass is 10.1. The molecule has 0 bridgehead atoms. The van der Waals surface area contributed by atoms with Gasteiger partial charge in [0.25, 0.3) is 5.91 Å². The van der Waals surface area contributed by atoms with Crippen LogP contribution in [0.2, 0.25) is 0 Å². The van der Waals surface area contributed by atoms with Crippen LogP contribution >= 0.6 is 0 Å². The highest BCUT2D eigenvalue weighted by molar-refractivity contribution is 5.97. The summed E-state index contributed by atoms with van der Waals surface area (Å²) in [4.78, 5) is 23.5. The van der Waals surface area contributed by atoms with E-state index in [1.54, 1.807) is 29.3 Å². The van der Waals surface area contributed by atoms with Gasteiger partial charge >= 0.3 is 0 Å². The van der Waals surface area contributed by atoms with Crippen molar-refractivity contribution in [1.29, 1.82) is 0 Å². The molecule has 0 unspecified atom stereocenters. The van der Waals surface area contributed by atoms with Crippen molar-refractivity contribution in [2.24, 2.45) is 0 Å². The van der Waals surface area contributed by atoms with E-state index in [-0.39, 0.29) is 5.91 Å². The third kappa shape index (κ3) is 3.13. The summed E-state index contributed by atoms with van der Waals surface area (Å²) in [6.07, 6.45) is 5.84. The molecule has 1 aliphatic rings. The van der Waals surface area contributed by atoms with Gasteiger partial charge in [0, 0.05) is 37.3 Å². The van der Waals surface area contributed by atoms with Gasteiger partial charge in [0.05, 0.1) is 6.54 Å². The van der Waals surface area contributed by atoms with Gasteiger partial charge in [-0.15, -0.1) is 0 Å². The molecule has 0 spiro atoms. The Morgan fingerprint density at radius 1 is 1.18 bits per heavy atom. The molecule has 1 amide bonds. The zero-order chi connectivity index (χ0) is 18.9. The predicted octanol–water partition coefficient (Wildman–Crippen LogP) is 2.32. The molecule has 8 nitrogen and oxygen atoms in total. The van der Waals surface area contributed by atoms with Crippen molar-refractivity contribution in [3.05, 3.63) is 71.2 Å². The Labute approximate surface area is 160 Å². The molecule has 1 N–H and O–H groups in total. The van der Waals surface area contributed by atoms with Crippen molar-refractivity contribution < 1.29 is 9.21 Å². The fourth-order valence-corrected chi connectivity index (χ4v) is 3.49. The smallest absolute Gasteiger partial charge is 0.254 e. The molecule has 0 aliphatic carbocycles. The van der Waals surface area contributed by atoms with Crippen LogP contribution in [0.5, 0.6) is 0 Å². The van der Waals surface area contributed by atoms with Crippen LogP contribution < -0.4 is 0 Å². The van der Waals surface area contributed by atoms with E-state index in [1.807, 2.05) is 18.3 Å². The third-order valence-electron chi connectivity index (χ3n) is 4.97. The highest BCUT2D eigenvalue weighted by atomic mass is 16.4. The summed E-state index contributed by atoms with van der Waals surface area (Å²) in [5.74, 6) is 1.57. The first-order valence-electron chi connectivity index (χ1n) is 9.22. The number of fused-ring (bicyclic) bond motifs is 2. The van der Waals surface area contributed by atoms with Gasteiger partial charge in [-0.25, -0.2) is 4.98 Å². The first kappa shape index (κ1) is 16.6. The van der Waals surface area contributed by atoms with Gasteiger partial charge in [-0.05, 0) is 36.2 Å². The summed E-state index contributed by atoms with van der Waals surface area (Å²) in [5, 5.41) is 10.6. The lowest BCUT2D eigenvalue weighted by molar-refractivity contribution is 0.0728. The van der Waals surface area contributed by atoms with Gasteiger partial charge in [0.2, 0.25) is 0 Å². The number of rotatable bonds is 4. The number of amides is 1. The Morgan fingerprint density at radius 2 is 2.11 bits per heavy atom. The molecule has 3 aromatic heterocycles. The number of carbonyl (C=O) groups is 1. The van der Waals surface area contributed by atoms with Crippen molar-refractivity contribution in [1.82, 2.24) is 30.3 Å². The van der Waals surface area contributed by atoms with Gasteiger partial charge in [-0.1, -0.05) is 6.07 Å². The number of carbonyl (C=O) groups excluding carboxylic acids is 1. The highest BCUT2D eigenvalue weighted by Crippen LogP contribution is 2.23. The molecule has 4 aromatic rings. The average Bonchev–Trinajstić information content (AvgIpc) is 3.37. The predicted molar refractivity (Wildman–Crippen MR) is 100 cm³/mol. The van der Waals surface area contributed by atoms with Crippen molar-refractivity contribution in [2.75, 3.05) is 6.54 Å². The molecule has 4 heterocycles. The Morgan fingerprint density at radius 3 is 3.00 bits per heavy atom. The third-order valence-corrected chi connectivity index (χ3v) is 4.97. The van der Waals surface area contributed by atoms with Crippen LogP contribution in [0.15, 0.2) is 47.1 Å². The molecule has 28 heavy (non-hydrogen) atoms. The molecule has 140 valence electrons. The molecule has 5 rings (SSSR count). The van der Waals surface area contributed by atoms with Gasteiger partial charge < -0.3 is 9.32 Å². The summed E-state index contributed by atoms with van der Waals surface area (Å²) >= 11 is 0. The summed E-state index contributed by atoms with van der Waals surface area (Å²) < 4.78 is 5.92. The van der Waals surface area contributed by atoms with E-state index in [0.717, 1.165) is 35.4 Å². The first-order valence-corrected chi connectivity index (χ1v) is 9.22. The number of aryl methyl sites for hydroxylation is 2. The summed E-state index contributed by atoms with van der Waals surface area (Å²) in [6, 6.07) is 9.31. The topological polar surface area (TPSA) is 101 Å². The molecule has 0 saturated carbocycles. The summed E-state index contributed by atoms with van der Waals surface area (Å²) in [7, 11) is 0. The Balaban J connectivity index is 1.29. The van der Waals surface area contributed by atoms with Crippen LogP contribution in [-0.4, -0.2) is 42.7 Å². The number of hydrogen-bond acceptors (Lipinski definition) is 6. The molecule has 0 radical (unpaired) electrons. The standard InChI is InChI=1S/C20H18N6O2/c27-20(14-4-5-15-16(10-14)24-25-23-15)26-9-7-18-17(12-26)22-19(28-18)6-3-13-2-1-8-21-11-13/h1-2,4-5,8,10-11H,3,6-7,9,12H2,(H,23,24,25). The highest BCUT2D eigenvalue weighted by Gasteiger charge is 2.26. The van der Waals surface area contributed by atoms with Gasteiger partial charge in [-0.3, -0.25) is 9.78 Å². The van der Waals surface area contributed by atoms with Crippen molar-refractivity contribution in [3.8, 4) is 0 Å². The normalized spacial score (nSPS) is 13.6. The minimum Gasteiger partial charge on any atom is -0.445 e. The minimum absolute atomic E-state index is 0.0320. The van der Waals surface area contributed by atoms with Crippen LogP contribution in [0.1, 0.15) is 33.3 Å². The number of nitrogens with zero attached hydrogens (tertiary/aromatic N) is 5. The Hall–Kier alpha value is -3.55. The van der Waals surface area contributed by atoms with Gasteiger partial charge in [0.15, 0.2) is 5.89 Å². The molecule has 1 aliphatic heterocycles. The molecule has 8 heteroatoms. The fourth-order valence-electron chi connectivity index (χ4n) is 3.49. The van der Waals surface area contributed by atoms with Crippen molar-refractivity contribution in [2.45, 2.75) is 25.8 Å². The van der Waals surface area contributed by atoms with Crippen LogP contribution in [0, 0.1) is 0 Å². The Bertz CT molecular complexity index is 1130. The van der Waals surface area contributed by atoms with Crippen LogP contribution in [0.4, 0.5) is 0 Å². The number of nitrogens with one attached hydrogen (secondary N) is 1. The number of oxazole rings is 1. The quantitative estimate of drug-likeness (QED) is 0.588. The largest absolute Gasteiger partial charge is 0.445 e. The van der Waals surface area contributed by atoms with E-state index in [9.17, 15) is 4.79 Å².